The number of nitrogens with zero attached hydrogens (tertiary/aromatic N) is 6. The number of carboxylic acids is 1. The van der Waals surface area contributed by atoms with Crippen molar-refractivity contribution in [1.82, 2.24) is 19.4 Å². The second-order valence-electron chi connectivity index (χ2n) is 10.2. The summed E-state index contributed by atoms with van der Waals surface area (Å²) in [5.41, 5.74) is 1.49. The first kappa shape index (κ1) is 27.1. The maximum absolute atomic E-state index is 14.3. The van der Waals surface area contributed by atoms with Crippen molar-refractivity contribution in [2.24, 2.45) is 0 Å². The lowest BCUT2D eigenvalue weighted by molar-refractivity contribution is -0.0591. The van der Waals surface area contributed by atoms with Gasteiger partial charge in [0.25, 0.3) is 0 Å². The van der Waals surface area contributed by atoms with Gasteiger partial charge in [0.05, 0.1) is 31.3 Å². The fourth-order valence-electron chi connectivity index (χ4n) is 5.12. The van der Waals surface area contributed by atoms with E-state index >= 15 is 0 Å². The van der Waals surface area contributed by atoms with E-state index in [2.05, 4.69) is 24.2 Å². The zero-order valence-electron chi connectivity index (χ0n) is 22.3. The number of imidazole rings is 1. The Labute approximate surface area is 240 Å². The Bertz CT molecular complexity index is 1610. The van der Waals surface area contributed by atoms with Gasteiger partial charge in [0.2, 0.25) is 5.88 Å². The molecule has 3 aromatic heterocycles. The number of benzene rings is 1. The Hall–Kier alpha value is -4.05. The number of aromatic carboxylic acids is 1. The van der Waals surface area contributed by atoms with Crippen LogP contribution in [-0.4, -0.2) is 69.4 Å². The molecule has 12 heteroatoms. The van der Waals surface area contributed by atoms with Gasteiger partial charge in [-0.2, -0.15) is 4.98 Å². The molecule has 6 rings (SSSR count). The summed E-state index contributed by atoms with van der Waals surface area (Å²) < 4.78 is 27.9. The van der Waals surface area contributed by atoms with Crippen LogP contribution in [0, 0.1) is 12.4 Å². The van der Waals surface area contributed by atoms with E-state index in [-0.39, 0.29) is 18.4 Å². The lowest BCUT2D eigenvalue weighted by atomic mass is 10.2. The maximum Gasteiger partial charge on any atom is 0.346 e. The van der Waals surface area contributed by atoms with E-state index in [9.17, 15) is 14.3 Å². The summed E-state index contributed by atoms with van der Waals surface area (Å²) in [6, 6.07) is 11.7. The van der Waals surface area contributed by atoms with Gasteiger partial charge < -0.3 is 24.0 Å². The smallest absolute Gasteiger partial charge is 0.346 e. The van der Waals surface area contributed by atoms with Crippen molar-refractivity contribution in [3.63, 3.8) is 0 Å². The summed E-state index contributed by atoms with van der Waals surface area (Å²) in [5, 5.41) is 9.44. The van der Waals surface area contributed by atoms with Gasteiger partial charge >= 0.3 is 5.97 Å². The topological polar surface area (TPSA) is 97.3 Å². The molecule has 41 heavy (non-hydrogen) atoms. The molecule has 0 saturated carbocycles. The maximum atomic E-state index is 14.3. The summed E-state index contributed by atoms with van der Waals surface area (Å²) >= 11 is 1.21. The van der Waals surface area contributed by atoms with E-state index in [1.165, 1.54) is 17.4 Å². The molecular weight excluding hydrogens is 547 g/mol. The third-order valence-electron chi connectivity index (χ3n) is 7.44. The number of halogens is 1. The monoisotopic (exact) mass is 576 g/mol. The highest BCUT2D eigenvalue weighted by molar-refractivity contribution is 7.20. The van der Waals surface area contributed by atoms with Crippen LogP contribution in [0.4, 0.5) is 15.9 Å². The van der Waals surface area contributed by atoms with Gasteiger partial charge in [0.1, 0.15) is 33.8 Å². The molecular formula is C29H29FN6O4S. The number of carboxylic acid groups (broad SMARTS) is 1. The number of hydrogen-bond acceptors (Lipinski definition) is 8. The van der Waals surface area contributed by atoms with E-state index in [0.717, 1.165) is 67.6 Å². The SMILES string of the molecule is [C-]#[N+]c1ccc(COc2cccc(N3CCCN(Cc4nc5sc(C(=O)O)cc5n4CC4CCO4)CC3)n2)c(F)c1. The highest BCUT2D eigenvalue weighted by atomic mass is 32.1. The minimum absolute atomic E-state index is 0.0261. The molecule has 1 atom stereocenters. The van der Waals surface area contributed by atoms with Gasteiger partial charge in [-0.1, -0.05) is 18.2 Å². The number of ether oxygens (including phenoxy) is 2. The molecule has 5 heterocycles. The second kappa shape index (κ2) is 11.8. The van der Waals surface area contributed by atoms with Crippen LogP contribution in [0.2, 0.25) is 0 Å². The van der Waals surface area contributed by atoms with Crippen molar-refractivity contribution in [1.29, 1.82) is 0 Å². The fraction of sp³-hybridized carbons (Fsp3) is 0.379. The van der Waals surface area contributed by atoms with Crippen LogP contribution in [0.15, 0.2) is 42.5 Å². The molecule has 212 valence electrons. The summed E-state index contributed by atoms with van der Waals surface area (Å²) in [6.45, 7) is 12.5. The second-order valence-corrected chi connectivity index (χ2v) is 11.2. The summed E-state index contributed by atoms with van der Waals surface area (Å²) in [4.78, 5) is 29.9. The zero-order valence-corrected chi connectivity index (χ0v) is 23.1. The Kier molecular flexibility index (Phi) is 7.82. The first-order valence-electron chi connectivity index (χ1n) is 13.5. The van der Waals surface area contributed by atoms with Crippen LogP contribution >= 0.6 is 11.3 Å². The molecule has 10 nitrogen and oxygen atoms in total. The van der Waals surface area contributed by atoms with Crippen LogP contribution in [0.5, 0.6) is 5.88 Å². The number of hydrogen-bond donors (Lipinski definition) is 1. The molecule has 2 aliphatic rings. The van der Waals surface area contributed by atoms with E-state index in [1.807, 2.05) is 12.1 Å². The first-order chi connectivity index (χ1) is 20.0. The Balaban J connectivity index is 1.11. The Morgan fingerprint density at radius 3 is 2.83 bits per heavy atom. The van der Waals surface area contributed by atoms with Crippen molar-refractivity contribution in [3.05, 3.63) is 76.0 Å². The molecule has 1 unspecified atom stereocenters. The van der Waals surface area contributed by atoms with Gasteiger partial charge in [0, 0.05) is 44.4 Å². The van der Waals surface area contributed by atoms with Crippen molar-refractivity contribution >= 4 is 39.2 Å². The highest BCUT2D eigenvalue weighted by Gasteiger charge is 2.25. The lowest BCUT2D eigenvalue weighted by Crippen LogP contribution is -2.34. The quantitative estimate of drug-likeness (QED) is 0.279. The van der Waals surface area contributed by atoms with Crippen LogP contribution in [-0.2, 0) is 24.4 Å². The highest BCUT2D eigenvalue weighted by Crippen LogP contribution is 2.29. The molecule has 0 aliphatic carbocycles. The third kappa shape index (κ3) is 6.02. The molecule has 2 saturated heterocycles. The largest absolute Gasteiger partial charge is 0.477 e. The number of rotatable bonds is 9. The van der Waals surface area contributed by atoms with Gasteiger partial charge in [-0.15, -0.1) is 11.3 Å². The van der Waals surface area contributed by atoms with Crippen molar-refractivity contribution in [2.45, 2.75) is 38.6 Å². The molecule has 0 bridgehead atoms. The average Bonchev–Trinajstić information content (AvgIpc) is 3.40. The Morgan fingerprint density at radius 2 is 2.07 bits per heavy atom. The van der Waals surface area contributed by atoms with Crippen LogP contribution < -0.4 is 9.64 Å². The number of anilines is 1. The van der Waals surface area contributed by atoms with Gasteiger partial charge in [-0.25, -0.2) is 19.0 Å². The van der Waals surface area contributed by atoms with Gasteiger partial charge in [0.15, 0.2) is 5.69 Å². The van der Waals surface area contributed by atoms with E-state index in [4.69, 9.17) is 21.0 Å². The molecule has 1 aromatic carbocycles. The van der Waals surface area contributed by atoms with Crippen molar-refractivity contribution in [3.8, 4) is 5.88 Å². The summed E-state index contributed by atoms with van der Waals surface area (Å²) in [5.74, 6) is 0.749. The normalized spacial score (nSPS) is 17.7. The predicted octanol–water partition coefficient (Wildman–Crippen LogP) is 4.96. The number of thiophene rings is 1. The van der Waals surface area contributed by atoms with Crippen LogP contribution in [0.3, 0.4) is 0 Å². The van der Waals surface area contributed by atoms with Crippen molar-refractivity contribution < 1.29 is 23.8 Å². The third-order valence-corrected chi connectivity index (χ3v) is 8.45. The number of carbonyl (C=O) groups is 1. The molecule has 2 fully saturated rings. The van der Waals surface area contributed by atoms with Crippen LogP contribution in [0.1, 0.15) is 33.9 Å². The summed E-state index contributed by atoms with van der Waals surface area (Å²) in [7, 11) is 0. The molecule has 0 spiro atoms. The average molecular weight is 577 g/mol. The molecule has 2 aliphatic heterocycles. The molecule has 1 N–H and O–H groups in total. The molecule has 0 radical (unpaired) electrons. The standard InChI is InChI=1S/C29H29FN6O4S/c1-31-20-7-6-19(22(30)14-20)18-40-27-5-2-4-25(32-27)35-10-3-9-34(11-12-35)17-26-33-28-23(15-24(41-28)29(37)38)36(26)16-21-8-13-39-21/h2,4-7,14-15,21H,3,8-13,16-18H2,(H,37,38). The van der Waals surface area contributed by atoms with Gasteiger partial charge in [-0.05, 0) is 31.0 Å². The zero-order chi connectivity index (χ0) is 28.3. The molecule has 4 aromatic rings. The number of aromatic nitrogens is 3. The molecule has 0 amide bonds. The summed E-state index contributed by atoms with van der Waals surface area (Å²) in [6.07, 6.45) is 2.07. The van der Waals surface area contributed by atoms with E-state index in [0.29, 0.717) is 29.4 Å². The van der Waals surface area contributed by atoms with E-state index < -0.39 is 11.8 Å². The van der Waals surface area contributed by atoms with Crippen LogP contribution in [0.25, 0.3) is 15.2 Å². The number of fused-ring (bicyclic) bond motifs is 1. The number of pyridine rings is 1. The first-order valence-corrected chi connectivity index (χ1v) is 14.4. The lowest BCUT2D eigenvalue weighted by Gasteiger charge is -2.28. The predicted molar refractivity (Wildman–Crippen MR) is 152 cm³/mol. The van der Waals surface area contributed by atoms with E-state index in [1.54, 1.807) is 24.3 Å². The minimum Gasteiger partial charge on any atom is -0.477 e. The Morgan fingerprint density at radius 1 is 1.20 bits per heavy atom. The minimum atomic E-state index is -0.931. The van der Waals surface area contributed by atoms with Gasteiger partial charge in [-0.3, -0.25) is 4.90 Å². The van der Waals surface area contributed by atoms with Crippen molar-refractivity contribution in [2.75, 3.05) is 37.7 Å². The fourth-order valence-corrected chi connectivity index (χ4v) is 6.01.